The third-order valence-corrected chi connectivity index (χ3v) is 2.65. The first-order chi connectivity index (χ1) is 5.63. The van der Waals surface area contributed by atoms with Crippen LogP contribution in [-0.2, 0) is 4.74 Å². The van der Waals surface area contributed by atoms with Crippen LogP contribution in [0.1, 0.15) is 34.1 Å². The van der Waals surface area contributed by atoms with Crippen LogP contribution >= 0.6 is 0 Å². The third kappa shape index (κ3) is 2.20. The van der Waals surface area contributed by atoms with E-state index in [9.17, 15) is 0 Å². The van der Waals surface area contributed by atoms with Gasteiger partial charge in [0.2, 0.25) is 0 Å². The van der Waals surface area contributed by atoms with E-state index >= 15 is 0 Å². The summed E-state index contributed by atoms with van der Waals surface area (Å²) in [5.41, 5.74) is 0. The molecule has 1 heterocycles. The molecule has 12 heavy (non-hydrogen) atoms. The largest absolute Gasteiger partial charge is 0.380 e. The van der Waals surface area contributed by atoms with E-state index in [1.165, 1.54) is 6.42 Å². The summed E-state index contributed by atoms with van der Waals surface area (Å²) in [6.07, 6.45) is 1.17. The number of nitrogens with zero attached hydrogens (tertiary/aromatic N) is 1. The molecule has 1 fully saturated rings. The van der Waals surface area contributed by atoms with Gasteiger partial charge in [-0.25, -0.2) is 0 Å². The van der Waals surface area contributed by atoms with Crippen molar-refractivity contribution >= 4 is 0 Å². The molecule has 0 bridgehead atoms. The van der Waals surface area contributed by atoms with E-state index in [2.05, 4.69) is 32.6 Å². The molecule has 0 saturated carbocycles. The van der Waals surface area contributed by atoms with Crippen molar-refractivity contribution < 1.29 is 4.74 Å². The van der Waals surface area contributed by atoms with Crippen LogP contribution in [0, 0.1) is 0 Å². The van der Waals surface area contributed by atoms with Crippen LogP contribution in [0.25, 0.3) is 0 Å². The molecule has 0 aliphatic carbocycles. The standard InChI is InChI=1S/C10H21NO/c1-8(2)11-9(3)5-6-12-7-10(11)4/h8-10H,5-7H2,1-4H3. The smallest absolute Gasteiger partial charge is 0.0619 e. The summed E-state index contributed by atoms with van der Waals surface area (Å²) in [7, 11) is 0. The molecule has 0 N–H and O–H groups in total. The second kappa shape index (κ2) is 4.24. The van der Waals surface area contributed by atoms with Crippen LogP contribution in [0.4, 0.5) is 0 Å². The molecule has 2 heteroatoms. The topological polar surface area (TPSA) is 12.5 Å². The molecule has 2 atom stereocenters. The summed E-state index contributed by atoms with van der Waals surface area (Å²) in [6.45, 7) is 10.9. The molecular weight excluding hydrogens is 150 g/mol. The van der Waals surface area contributed by atoms with Crippen LogP contribution in [0.15, 0.2) is 0 Å². The van der Waals surface area contributed by atoms with Gasteiger partial charge in [-0.1, -0.05) is 0 Å². The SMILES string of the molecule is CC(C)N1C(C)CCOCC1C. The second-order valence-electron chi connectivity index (χ2n) is 4.10. The van der Waals surface area contributed by atoms with Crippen LogP contribution in [-0.4, -0.2) is 36.2 Å². The molecule has 72 valence electrons. The van der Waals surface area contributed by atoms with Gasteiger partial charge in [0.05, 0.1) is 6.61 Å². The van der Waals surface area contributed by atoms with Crippen molar-refractivity contribution in [1.29, 1.82) is 0 Å². The van der Waals surface area contributed by atoms with Crippen molar-refractivity contribution in [3.8, 4) is 0 Å². The fraction of sp³-hybridized carbons (Fsp3) is 1.00. The Morgan fingerprint density at radius 2 is 1.92 bits per heavy atom. The van der Waals surface area contributed by atoms with E-state index in [0.717, 1.165) is 13.2 Å². The van der Waals surface area contributed by atoms with Crippen molar-refractivity contribution in [2.24, 2.45) is 0 Å². The van der Waals surface area contributed by atoms with E-state index in [0.29, 0.717) is 18.1 Å². The molecule has 1 aliphatic heterocycles. The molecule has 1 aliphatic rings. The second-order valence-corrected chi connectivity index (χ2v) is 4.10. The van der Waals surface area contributed by atoms with Gasteiger partial charge >= 0.3 is 0 Å². The van der Waals surface area contributed by atoms with E-state index in [1.807, 2.05) is 0 Å². The summed E-state index contributed by atoms with van der Waals surface area (Å²) >= 11 is 0. The number of rotatable bonds is 1. The Balaban J connectivity index is 2.61. The number of ether oxygens (including phenoxy) is 1. The zero-order chi connectivity index (χ0) is 9.14. The zero-order valence-electron chi connectivity index (χ0n) is 8.71. The van der Waals surface area contributed by atoms with Gasteiger partial charge < -0.3 is 4.74 Å². The van der Waals surface area contributed by atoms with Gasteiger partial charge in [-0.05, 0) is 34.1 Å². The van der Waals surface area contributed by atoms with Gasteiger partial charge in [0, 0.05) is 24.7 Å². The summed E-state index contributed by atoms with van der Waals surface area (Å²) < 4.78 is 5.52. The lowest BCUT2D eigenvalue weighted by atomic mass is 10.1. The minimum Gasteiger partial charge on any atom is -0.380 e. The van der Waals surface area contributed by atoms with Gasteiger partial charge in [0.25, 0.3) is 0 Å². The van der Waals surface area contributed by atoms with Gasteiger partial charge in [-0.3, -0.25) is 4.90 Å². The van der Waals surface area contributed by atoms with Crippen molar-refractivity contribution in [2.45, 2.75) is 52.2 Å². The maximum atomic E-state index is 5.52. The average Bonchev–Trinajstić information content (AvgIpc) is 2.11. The van der Waals surface area contributed by atoms with E-state index in [4.69, 9.17) is 4.74 Å². The Kier molecular flexibility index (Phi) is 3.53. The monoisotopic (exact) mass is 171 g/mol. The predicted molar refractivity (Wildman–Crippen MR) is 51.3 cm³/mol. The first-order valence-corrected chi connectivity index (χ1v) is 4.98. The van der Waals surface area contributed by atoms with Gasteiger partial charge in [0.15, 0.2) is 0 Å². The van der Waals surface area contributed by atoms with Crippen LogP contribution < -0.4 is 0 Å². The Morgan fingerprint density at radius 1 is 1.25 bits per heavy atom. The number of hydrogen-bond acceptors (Lipinski definition) is 2. The molecule has 1 saturated heterocycles. The predicted octanol–water partition coefficient (Wildman–Crippen LogP) is 1.89. The normalized spacial score (nSPS) is 33.8. The van der Waals surface area contributed by atoms with Crippen molar-refractivity contribution in [2.75, 3.05) is 13.2 Å². The quantitative estimate of drug-likeness (QED) is 0.597. The molecule has 0 aromatic carbocycles. The fourth-order valence-corrected chi connectivity index (χ4v) is 2.20. The zero-order valence-corrected chi connectivity index (χ0v) is 8.71. The highest BCUT2D eigenvalue weighted by molar-refractivity contribution is 4.78. The fourth-order valence-electron chi connectivity index (χ4n) is 2.20. The molecule has 2 nitrogen and oxygen atoms in total. The lowest BCUT2D eigenvalue weighted by molar-refractivity contribution is 0.0822. The molecule has 2 unspecified atom stereocenters. The van der Waals surface area contributed by atoms with Crippen LogP contribution in [0.5, 0.6) is 0 Å². The summed E-state index contributed by atoms with van der Waals surface area (Å²) in [6, 6.07) is 1.88. The summed E-state index contributed by atoms with van der Waals surface area (Å²) in [5.74, 6) is 0. The molecule has 0 radical (unpaired) electrons. The Bertz CT molecular complexity index is 124. The van der Waals surface area contributed by atoms with Crippen molar-refractivity contribution in [3.05, 3.63) is 0 Å². The molecular formula is C10H21NO. The highest BCUT2D eigenvalue weighted by Gasteiger charge is 2.25. The van der Waals surface area contributed by atoms with Crippen LogP contribution in [0.2, 0.25) is 0 Å². The minimum atomic E-state index is 0.572. The maximum absolute atomic E-state index is 5.52. The van der Waals surface area contributed by atoms with Gasteiger partial charge in [-0.15, -0.1) is 0 Å². The molecule has 0 amide bonds. The van der Waals surface area contributed by atoms with E-state index in [1.54, 1.807) is 0 Å². The average molecular weight is 171 g/mol. The lowest BCUT2D eigenvalue weighted by Gasteiger charge is -2.35. The molecule has 0 aromatic heterocycles. The molecule has 0 aromatic rings. The minimum absolute atomic E-state index is 0.572. The first kappa shape index (κ1) is 10.0. The van der Waals surface area contributed by atoms with Crippen LogP contribution in [0.3, 0.4) is 0 Å². The van der Waals surface area contributed by atoms with E-state index in [-0.39, 0.29) is 0 Å². The summed E-state index contributed by atoms with van der Waals surface area (Å²) in [4.78, 5) is 2.55. The highest BCUT2D eigenvalue weighted by Crippen LogP contribution is 2.16. The summed E-state index contributed by atoms with van der Waals surface area (Å²) in [5, 5.41) is 0. The molecule has 1 rings (SSSR count). The van der Waals surface area contributed by atoms with Crippen molar-refractivity contribution in [3.63, 3.8) is 0 Å². The third-order valence-electron chi connectivity index (χ3n) is 2.65. The Labute approximate surface area is 75.9 Å². The Morgan fingerprint density at radius 3 is 2.50 bits per heavy atom. The van der Waals surface area contributed by atoms with Gasteiger partial charge in [-0.2, -0.15) is 0 Å². The van der Waals surface area contributed by atoms with Crippen molar-refractivity contribution in [1.82, 2.24) is 4.90 Å². The molecule has 0 spiro atoms. The maximum Gasteiger partial charge on any atom is 0.0619 e. The first-order valence-electron chi connectivity index (χ1n) is 4.98. The van der Waals surface area contributed by atoms with Gasteiger partial charge in [0.1, 0.15) is 0 Å². The van der Waals surface area contributed by atoms with E-state index < -0.39 is 0 Å². The highest BCUT2D eigenvalue weighted by atomic mass is 16.5. The Hall–Kier alpha value is -0.0800. The number of hydrogen-bond donors (Lipinski definition) is 0. The lowest BCUT2D eigenvalue weighted by Crippen LogP contribution is -2.45.